The lowest BCUT2D eigenvalue weighted by molar-refractivity contribution is 0.414. The largest absolute Gasteiger partial charge is 0.497 e. The van der Waals surface area contributed by atoms with Crippen molar-refractivity contribution in [3.05, 3.63) is 23.8 Å². The van der Waals surface area contributed by atoms with Crippen molar-refractivity contribution in [3.63, 3.8) is 0 Å². The molecule has 1 aromatic carbocycles. The van der Waals surface area contributed by atoms with Crippen molar-refractivity contribution in [3.8, 4) is 5.75 Å². The second-order valence-electron chi connectivity index (χ2n) is 4.08. The highest BCUT2D eigenvalue weighted by molar-refractivity contribution is 5.61. The summed E-state index contributed by atoms with van der Waals surface area (Å²) in [5.74, 6) is 1.50. The molecule has 15 heavy (non-hydrogen) atoms. The number of likely N-dealkylation sites (N-methyl/N-ethyl adjacent to an activating group) is 1. The predicted molar refractivity (Wildman–Crippen MR) is 62.7 cm³/mol. The van der Waals surface area contributed by atoms with Gasteiger partial charge in [-0.2, -0.15) is 0 Å². The molecule has 3 nitrogen and oxygen atoms in total. The van der Waals surface area contributed by atoms with Crippen LogP contribution in [0.3, 0.4) is 0 Å². The van der Waals surface area contributed by atoms with Gasteiger partial charge >= 0.3 is 0 Å². The van der Waals surface area contributed by atoms with Gasteiger partial charge in [-0.05, 0) is 36.7 Å². The van der Waals surface area contributed by atoms with Gasteiger partial charge in [-0.25, -0.2) is 0 Å². The van der Waals surface area contributed by atoms with Crippen LogP contribution in [0.1, 0.15) is 17.9 Å². The van der Waals surface area contributed by atoms with Crippen molar-refractivity contribution in [2.24, 2.45) is 5.73 Å². The molecule has 0 amide bonds. The van der Waals surface area contributed by atoms with E-state index < -0.39 is 0 Å². The van der Waals surface area contributed by atoms with Crippen molar-refractivity contribution in [1.29, 1.82) is 0 Å². The molecule has 1 atom stereocenters. The SMILES string of the molecule is COc1ccc2c(c1)C(CCN)CN2C. The van der Waals surface area contributed by atoms with E-state index >= 15 is 0 Å². The summed E-state index contributed by atoms with van der Waals surface area (Å²) < 4.78 is 5.25. The molecular formula is C12H18N2O. The van der Waals surface area contributed by atoms with Crippen LogP contribution >= 0.6 is 0 Å². The Bertz CT molecular complexity index is 351. The van der Waals surface area contributed by atoms with Gasteiger partial charge in [0.1, 0.15) is 5.75 Å². The number of hydrogen-bond acceptors (Lipinski definition) is 3. The second-order valence-corrected chi connectivity index (χ2v) is 4.08. The first-order valence-corrected chi connectivity index (χ1v) is 5.35. The lowest BCUT2D eigenvalue weighted by Crippen LogP contribution is -2.16. The molecule has 3 heteroatoms. The molecule has 0 aliphatic carbocycles. The van der Waals surface area contributed by atoms with Gasteiger partial charge in [-0.1, -0.05) is 0 Å². The average molecular weight is 206 g/mol. The van der Waals surface area contributed by atoms with Gasteiger partial charge in [0.05, 0.1) is 7.11 Å². The molecule has 0 bridgehead atoms. The zero-order valence-corrected chi connectivity index (χ0v) is 9.36. The molecule has 0 saturated heterocycles. The number of anilines is 1. The molecule has 1 unspecified atom stereocenters. The van der Waals surface area contributed by atoms with Crippen molar-refractivity contribution in [2.75, 3.05) is 32.1 Å². The molecule has 82 valence electrons. The van der Waals surface area contributed by atoms with E-state index in [1.165, 1.54) is 11.3 Å². The first-order chi connectivity index (χ1) is 7.26. The van der Waals surface area contributed by atoms with Crippen molar-refractivity contribution in [2.45, 2.75) is 12.3 Å². The predicted octanol–water partition coefficient (Wildman–Crippen LogP) is 1.58. The van der Waals surface area contributed by atoms with E-state index in [4.69, 9.17) is 10.5 Å². The summed E-state index contributed by atoms with van der Waals surface area (Å²) in [6.45, 7) is 1.81. The first-order valence-electron chi connectivity index (χ1n) is 5.35. The number of ether oxygens (including phenoxy) is 1. The maximum atomic E-state index is 5.63. The Hall–Kier alpha value is -1.22. The molecule has 0 radical (unpaired) electrons. The number of fused-ring (bicyclic) bond motifs is 1. The Morgan fingerprint density at radius 3 is 3.00 bits per heavy atom. The van der Waals surface area contributed by atoms with Gasteiger partial charge in [-0.15, -0.1) is 0 Å². The standard InChI is InChI=1S/C12H18N2O/c1-14-8-9(5-6-13)11-7-10(15-2)3-4-12(11)14/h3-4,7,9H,5-6,8,13H2,1-2H3. The van der Waals surface area contributed by atoms with E-state index in [1.807, 2.05) is 6.07 Å². The summed E-state index contributed by atoms with van der Waals surface area (Å²) in [4.78, 5) is 2.29. The Balaban J connectivity index is 2.34. The third-order valence-electron chi connectivity index (χ3n) is 3.10. The first kappa shape index (κ1) is 10.3. The van der Waals surface area contributed by atoms with Gasteiger partial charge in [0.25, 0.3) is 0 Å². The summed E-state index contributed by atoms with van der Waals surface area (Å²) in [7, 11) is 3.83. The van der Waals surface area contributed by atoms with Gasteiger partial charge in [0, 0.05) is 25.2 Å². The molecule has 1 aliphatic heterocycles. The zero-order chi connectivity index (χ0) is 10.8. The number of hydrogen-bond donors (Lipinski definition) is 1. The molecule has 2 rings (SSSR count). The van der Waals surface area contributed by atoms with Crippen molar-refractivity contribution < 1.29 is 4.74 Å². The third-order valence-corrected chi connectivity index (χ3v) is 3.10. The number of nitrogens with two attached hydrogens (primary N) is 1. The molecule has 1 heterocycles. The Kier molecular flexibility index (Phi) is 2.82. The number of nitrogens with zero attached hydrogens (tertiary/aromatic N) is 1. The van der Waals surface area contributed by atoms with Crippen LogP contribution in [0.4, 0.5) is 5.69 Å². The minimum absolute atomic E-state index is 0.560. The summed E-state index contributed by atoms with van der Waals surface area (Å²) in [6, 6.07) is 6.28. The monoisotopic (exact) mass is 206 g/mol. The molecule has 1 aromatic rings. The highest BCUT2D eigenvalue weighted by atomic mass is 16.5. The zero-order valence-electron chi connectivity index (χ0n) is 9.36. The van der Waals surface area contributed by atoms with Gasteiger partial charge in [0.15, 0.2) is 0 Å². The fourth-order valence-electron chi connectivity index (χ4n) is 2.31. The van der Waals surface area contributed by atoms with Crippen LogP contribution in [0.25, 0.3) is 0 Å². The molecule has 0 fully saturated rings. The van der Waals surface area contributed by atoms with Crippen molar-refractivity contribution in [1.82, 2.24) is 0 Å². The molecule has 2 N–H and O–H groups in total. The molecule has 0 saturated carbocycles. The van der Waals surface area contributed by atoms with E-state index in [1.54, 1.807) is 7.11 Å². The maximum absolute atomic E-state index is 5.63. The number of benzene rings is 1. The van der Waals surface area contributed by atoms with E-state index in [0.717, 1.165) is 25.3 Å². The topological polar surface area (TPSA) is 38.5 Å². The van der Waals surface area contributed by atoms with Crippen LogP contribution in [0.2, 0.25) is 0 Å². The minimum atomic E-state index is 0.560. The van der Waals surface area contributed by atoms with Crippen LogP contribution in [-0.2, 0) is 0 Å². The van der Waals surface area contributed by atoms with Gasteiger partial charge in [-0.3, -0.25) is 0 Å². The lowest BCUT2D eigenvalue weighted by Gasteiger charge is -2.11. The highest BCUT2D eigenvalue weighted by Crippen LogP contribution is 2.38. The lowest BCUT2D eigenvalue weighted by atomic mass is 9.98. The summed E-state index contributed by atoms with van der Waals surface area (Å²) in [5.41, 5.74) is 8.32. The smallest absolute Gasteiger partial charge is 0.119 e. The molecular weight excluding hydrogens is 188 g/mol. The Morgan fingerprint density at radius 1 is 1.53 bits per heavy atom. The van der Waals surface area contributed by atoms with E-state index in [2.05, 4.69) is 24.1 Å². The average Bonchev–Trinajstić information content (AvgIpc) is 2.56. The van der Waals surface area contributed by atoms with Crippen molar-refractivity contribution >= 4 is 5.69 Å². The van der Waals surface area contributed by atoms with Crippen LogP contribution in [0, 0.1) is 0 Å². The van der Waals surface area contributed by atoms with Crippen LogP contribution in [0.15, 0.2) is 18.2 Å². The number of rotatable bonds is 3. The quantitative estimate of drug-likeness (QED) is 0.816. The molecule has 1 aliphatic rings. The molecule has 0 spiro atoms. The molecule has 0 aromatic heterocycles. The Labute approximate surface area is 90.8 Å². The van der Waals surface area contributed by atoms with Crippen LogP contribution < -0.4 is 15.4 Å². The summed E-state index contributed by atoms with van der Waals surface area (Å²) in [5, 5.41) is 0. The van der Waals surface area contributed by atoms with E-state index in [0.29, 0.717) is 5.92 Å². The fraction of sp³-hybridized carbons (Fsp3) is 0.500. The van der Waals surface area contributed by atoms with Crippen LogP contribution in [-0.4, -0.2) is 27.2 Å². The van der Waals surface area contributed by atoms with E-state index in [-0.39, 0.29) is 0 Å². The Morgan fingerprint density at radius 2 is 2.33 bits per heavy atom. The van der Waals surface area contributed by atoms with Crippen LogP contribution in [0.5, 0.6) is 5.75 Å². The third kappa shape index (κ3) is 1.79. The van der Waals surface area contributed by atoms with Gasteiger partial charge in [0.2, 0.25) is 0 Å². The van der Waals surface area contributed by atoms with Gasteiger partial charge < -0.3 is 15.4 Å². The fourth-order valence-corrected chi connectivity index (χ4v) is 2.31. The summed E-state index contributed by atoms with van der Waals surface area (Å²) in [6.07, 6.45) is 1.05. The minimum Gasteiger partial charge on any atom is -0.497 e. The van der Waals surface area contributed by atoms with E-state index in [9.17, 15) is 0 Å². The summed E-state index contributed by atoms with van der Waals surface area (Å²) >= 11 is 0. The maximum Gasteiger partial charge on any atom is 0.119 e. The second kappa shape index (κ2) is 4.11. The number of methoxy groups -OCH3 is 1. The normalized spacial score (nSPS) is 19.1. The highest BCUT2D eigenvalue weighted by Gasteiger charge is 2.25.